The SMILES string of the molecule is CC1(C)Oc2cnc(-c3cc([Si](C)(C)C)c4ccccc4c3)nc2-c2ccccc21. The maximum atomic E-state index is 6.27. The van der Waals surface area contributed by atoms with Crippen LogP contribution in [0.15, 0.2) is 66.9 Å². The Morgan fingerprint density at radius 2 is 1.63 bits per heavy atom. The van der Waals surface area contributed by atoms with Gasteiger partial charge in [0, 0.05) is 16.7 Å². The highest BCUT2D eigenvalue weighted by Crippen LogP contribution is 2.44. The lowest BCUT2D eigenvalue weighted by molar-refractivity contribution is 0.104. The molecule has 150 valence electrons. The van der Waals surface area contributed by atoms with Crippen LogP contribution in [0.5, 0.6) is 5.75 Å². The van der Waals surface area contributed by atoms with Crippen molar-refractivity contribution in [3.8, 4) is 28.4 Å². The molecule has 1 aliphatic heterocycles. The van der Waals surface area contributed by atoms with E-state index in [9.17, 15) is 0 Å². The van der Waals surface area contributed by atoms with Gasteiger partial charge in [0.15, 0.2) is 11.6 Å². The Kier molecular flexibility index (Phi) is 4.12. The summed E-state index contributed by atoms with van der Waals surface area (Å²) in [5, 5.41) is 4.02. The molecule has 4 aromatic rings. The molecule has 0 spiro atoms. The lowest BCUT2D eigenvalue weighted by atomic mass is 9.88. The zero-order chi connectivity index (χ0) is 21.1. The molecule has 2 heterocycles. The molecule has 4 heteroatoms. The number of rotatable bonds is 2. The molecule has 0 N–H and O–H groups in total. The highest BCUT2D eigenvalue weighted by molar-refractivity contribution is 6.90. The summed E-state index contributed by atoms with van der Waals surface area (Å²) < 4.78 is 6.27. The van der Waals surface area contributed by atoms with Gasteiger partial charge in [-0.25, -0.2) is 9.97 Å². The summed E-state index contributed by atoms with van der Waals surface area (Å²) in [6.07, 6.45) is 1.83. The van der Waals surface area contributed by atoms with Crippen LogP contribution in [-0.4, -0.2) is 18.0 Å². The van der Waals surface area contributed by atoms with Crippen LogP contribution in [0.4, 0.5) is 0 Å². The van der Waals surface area contributed by atoms with Gasteiger partial charge >= 0.3 is 0 Å². The van der Waals surface area contributed by atoms with E-state index in [0.717, 1.165) is 34.0 Å². The summed E-state index contributed by atoms with van der Waals surface area (Å²) in [5.41, 5.74) is 3.82. The Labute approximate surface area is 178 Å². The van der Waals surface area contributed by atoms with Gasteiger partial charge in [-0.1, -0.05) is 79.4 Å². The van der Waals surface area contributed by atoms with Gasteiger partial charge in [-0.15, -0.1) is 0 Å². The van der Waals surface area contributed by atoms with E-state index >= 15 is 0 Å². The summed E-state index contributed by atoms with van der Waals surface area (Å²) in [5.74, 6) is 1.49. The maximum absolute atomic E-state index is 6.27. The standard InChI is InChI=1S/C26H26N2OSi/c1-26(2)21-13-9-8-12-20(21)24-22(29-26)16-27-25(28-24)18-14-17-10-6-7-11-19(17)23(15-18)30(3,4)5/h6-16H,1-5H3. The van der Waals surface area contributed by atoms with Crippen molar-refractivity contribution in [3.05, 3.63) is 72.4 Å². The Morgan fingerprint density at radius 3 is 2.43 bits per heavy atom. The largest absolute Gasteiger partial charge is 0.479 e. The smallest absolute Gasteiger partial charge is 0.165 e. The fourth-order valence-corrected chi connectivity index (χ4v) is 6.01. The van der Waals surface area contributed by atoms with Crippen LogP contribution >= 0.6 is 0 Å². The second-order valence-electron chi connectivity index (χ2n) is 9.56. The molecule has 3 nitrogen and oxygen atoms in total. The molecule has 3 aromatic carbocycles. The van der Waals surface area contributed by atoms with Crippen LogP contribution in [0.3, 0.4) is 0 Å². The second-order valence-corrected chi connectivity index (χ2v) is 14.6. The Bertz CT molecular complexity index is 1290. The summed E-state index contributed by atoms with van der Waals surface area (Å²) >= 11 is 0. The van der Waals surface area contributed by atoms with E-state index in [2.05, 4.69) is 94.2 Å². The Hall–Kier alpha value is -2.98. The van der Waals surface area contributed by atoms with E-state index in [1.807, 2.05) is 6.20 Å². The third-order valence-corrected chi connectivity index (χ3v) is 7.91. The van der Waals surface area contributed by atoms with Crippen LogP contribution in [0.1, 0.15) is 19.4 Å². The van der Waals surface area contributed by atoms with Crippen LogP contribution in [0, 0.1) is 0 Å². The molecule has 0 saturated carbocycles. The van der Waals surface area contributed by atoms with Gasteiger partial charge in [0.25, 0.3) is 0 Å². The number of benzene rings is 3. The molecule has 0 saturated heterocycles. The van der Waals surface area contributed by atoms with Crippen LogP contribution in [-0.2, 0) is 5.60 Å². The first-order valence-corrected chi connectivity index (χ1v) is 13.9. The fraction of sp³-hybridized carbons (Fsp3) is 0.231. The van der Waals surface area contributed by atoms with Crippen molar-refractivity contribution in [1.29, 1.82) is 0 Å². The van der Waals surface area contributed by atoms with Gasteiger partial charge in [0.1, 0.15) is 11.3 Å². The lowest BCUT2D eigenvalue weighted by Crippen LogP contribution is -2.38. The van der Waals surface area contributed by atoms with Gasteiger partial charge in [-0.3, -0.25) is 0 Å². The number of ether oxygens (including phenoxy) is 1. The first-order valence-electron chi connectivity index (χ1n) is 10.4. The number of hydrogen-bond acceptors (Lipinski definition) is 3. The zero-order valence-corrected chi connectivity index (χ0v) is 19.2. The first kappa shape index (κ1) is 19.0. The third kappa shape index (κ3) is 3.03. The van der Waals surface area contributed by atoms with Crippen molar-refractivity contribution >= 4 is 24.0 Å². The topological polar surface area (TPSA) is 35.0 Å². The van der Waals surface area contributed by atoms with E-state index < -0.39 is 13.7 Å². The molecule has 0 bridgehead atoms. The van der Waals surface area contributed by atoms with Crippen molar-refractivity contribution in [1.82, 2.24) is 9.97 Å². The van der Waals surface area contributed by atoms with E-state index in [0.29, 0.717) is 0 Å². The lowest BCUT2D eigenvalue weighted by Gasteiger charge is -2.34. The van der Waals surface area contributed by atoms with Gasteiger partial charge < -0.3 is 4.74 Å². The second kappa shape index (κ2) is 6.51. The molecular weight excluding hydrogens is 384 g/mol. The molecule has 0 radical (unpaired) electrons. The number of aromatic nitrogens is 2. The van der Waals surface area contributed by atoms with Crippen molar-refractivity contribution in [3.63, 3.8) is 0 Å². The maximum Gasteiger partial charge on any atom is 0.165 e. The monoisotopic (exact) mass is 410 g/mol. The van der Waals surface area contributed by atoms with Gasteiger partial charge in [-0.05, 0) is 30.7 Å². The van der Waals surface area contributed by atoms with Crippen LogP contribution in [0.2, 0.25) is 19.6 Å². The minimum absolute atomic E-state index is 0.400. The molecule has 1 aliphatic rings. The number of nitrogens with zero attached hydrogens (tertiary/aromatic N) is 2. The van der Waals surface area contributed by atoms with Gasteiger partial charge in [0.05, 0.1) is 14.3 Å². The van der Waals surface area contributed by atoms with Crippen molar-refractivity contribution < 1.29 is 4.74 Å². The molecule has 0 aliphatic carbocycles. The van der Waals surface area contributed by atoms with E-state index in [1.165, 1.54) is 16.0 Å². The molecular formula is C26H26N2OSi. The summed E-state index contributed by atoms with van der Waals surface area (Å²) in [6.45, 7) is 11.3. The molecule has 1 aromatic heterocycles. The van der Waals surface area contributed by atoms with E-state index in [1.54, 1.807) is 0 Å². The van der Waals surface area contributed by atoms with Crippen LogP contribution < -0.4 is 9.92 Å². The molecule has 0 atom stereocenters. The van der Waals surface area contributed by atoms with Crippen molar-refractivity contribution in [2.75, 3.05) is 0 Å². The minimum atomic E-state index is -1.55. The van der Waals surface area contributed by atoms with Gasteiger partial charge in [0.2, 0.25) is 0 Å². The quantitative estimate of drug-likeness (QED) is 0.373. The Morgan fingerprint density at radius 1 is 0.900 bits per heavy atom. The zero-order valence-electron chi connectivity index (χ0n) is 18.2. The van der Waals surface area contributed by atoms with Crippen molar-refractivity contribution in [2.24, 2.45) is 0 Å². The summed E-state index contributed by atoms with van der Waals surface area (Å²) in [4.78, 5) is 9.71. The molecule has 30 heavy (non-hydrogen) atoms. The first-order chi connectivity index (χ1) is 14.2. The highest BCUT2D eigenvalue weighted by atomic mass is 28.3. The highest BCUT2D eigenvalue weighted by Gasteiger charge is 2.33. The summed E-state index contributed by atoms with van der Waals surface area (Å²) in [7, 11) is -1.55. The summed E-state index contributed by atoms with van der Waals surface area (Å²) in [6, 6.07) is 21.5. The predicted octanol–water partition coefficient (Wildman–Crippen LogP) is 6.14. The van der Waals surface area contributed by atoms with Crippen LogP contribution in [0.25, 0.3) is 33.4 Å². The fourth-order valence-electron chi connectivity index (χ4n) is 4.38. The van der Waals surface area contributed by atoms with Gasteiger partial charge in [-0.2, -0.15) is 0 Å². The number of hydrogen-bond donors (Lipinski definition) is 0. The average molecular weight is 411 g/mol. The normalized spacial score (nSPS) is 14.7. The average Bonchev–Trinajstić information content (AvgIpc) is 2.72. The molecule has 0 fully saturated rings. The predicted molar refractivity (Wildman–Crippen MR) is 127 cm³/mol. The molecule has 0 unspecified atom stereocenters. The minimum Gasteiger partial charge on any atom is -0.479 e. The Balaban J connectivity index is 1.72. The van der Waals surface area contributed by atoms with Crippen molar-refractivity contribution in [2.45, 2.75) is 39.1 Å². The molecule has 0 amide bonds. The third-order valence-electron chi connectivity index (χ3n) is 5.88. The molecule has 5 rings (SSSR count). The van der Waals surface area contributed by atoms with E-state index in [-0.39, 0.29) is 0 Å². The number of fused-ring (bicyclic) bond motifs is 4. The van der Waals surface area contributed by atoms with E-state index in [4.69, 9.17) is 14.7 Å².